The van der Waals surface area contributed by atoms with Gasteiger partial charge in [-0.15, -0.1) is 0 Å². The van der Waals surface area contributed by atoms with E-state index in [4.69, 9.17) is 4.74 Å². The zero-order valence-corrected chi connectivity index (χ0v) is 14.8. The zero-order valence-electron chi connectivity index (χ0n) is 14.8. The minimum absolute atomic E-state index is 0.0519. The van der Waals surface area contributed by atoms with Gasteiger partial charge in [-0.2, -0.15) is 0 Å². The van der Waals surface area contributed by atoms with E-state index in [0.29, 0.717) is 31.3 Å². The molecule has 0 aromatic heterocycles. The summed E-state index contributed by atoms with van der Waals surface area (Å²) in [5.41, 5.74) is -1.08. The number of rotatable bonds is 6. The average Bonchev–Trinajstić information content (AvgIpc) is 3.23. The van der Waals surface area contributed by atoms with Gasteiger partial charge >= 0.3 is 0 Å². The van der Waals surface area contributed by atoms with Crippen molar-refractivity contribution in [3.63, 3.8) is 0 Å². The molecule has 1 atom stereocenters. The molecule has 5 nitrogen and oxygen atoms in total. The lowest BCUT2D eigenvalue weighted by molar-refractivity contribution is -0.132. The van der Waals surface area contributed by atoms with Crippen LogP contribution < -0.4 is 4.74 Å². The molecule has 1 saturated carbocycles. The van der Waals surface area contributed by atoms with E-state index in [1.54, 1.807) is 17.0 Å². The fourth-order valence-electron chi connectivity index (χ4n) is 3.75. The van der Waals surface area contributed by atoms with E-state index < -0.39 is 5.60 Å². The van der Waals surface area contributed by atoms with Crippen molar-refractivity contribution in [3.05, 3.63) is 30.1 Å². The summed E-state index contributed by atoms with van der Waals surface area (Å²) in [6, 6.07) is 6.36. The van der Waals surface area contributed by atoms with Crippen LogP contribution in [0.5, 0.6) is 5.75 Å². The molecule has 0 unspecified atom stereocenters. The molecule has 3 rings (SSSR count). The summed E-state index contributed by atoms with van der Waals surface area (Å²) < 4.78 is 18.7. The summed E-state index contributed by atoms with van der Waals surface area (Å²) in [4.78, 5) is 16.3. The van der Waals surface area contributed by atoms with Gasteiger partial charge in [-0.05, 0) is 38.4 Å². The first-order valence-corrected chi connectivity index (χ1v) is 9.04. The maximum Gasteiger partial charge on any atom is 0.236 e. The lowest BCUT2D eigenvalue weighted by Crippen LogP contribution is -2.44. The number of ether oxygens (including phenoxy) is 1. The van der Waals surface area contributed by atoms with Crippen molar-refractivity contribution in [1.82, 2.24) is 9.80 Å². The first-order valence-electron chi connectivity index (χ1n) is 9.04. The number of hydrogen-bond acceptors (Lipinski definition) is 4. The summed E-state index contributed by atoms with van der Waals surface area (Å²) >= 11 is 0. The Labute approximate surface area is 148 Å². The van der Waals surface area contributed by atoms with Gasteiger partial charge in [0.2, 0.25) is 5.91 Å². The third kappa shape index (κ3) is 4.70. The molecule has 1 aliphatic carbocycles. The number of carbonyl (C=O) groups is 1. The molecule has 0 spiro atoms. The third-order valence-electron chi connectivity index (χ3n) is 5.32. The first-order chi connectivity index (χ1) is 12.0. The Morgan fingerprint density at radius 3 is 2.92 bits per heavy atom. The molecular formula is C19H27FN2O3. The van der Waals surface area contributed by atoms with Gasteiger partial charge in [-0.25, -0.2) is 4.39 Å². The molecular weight excluding hydrogens is 323 g/mol. The SMILES string of the molecule is CN(CC(=O)N1CC[C@](O)(COc2cccc(F)c2)C1)C1CCCC1. The minimum atomic E-state index is -1.08. The Kier molecular flexibility index (Phi) is 5.59. The minimum Gasteiger partial charge on any atom is -0.490 e. The van der Waals surface area contributed by atoms with Crippen molar-refractivity contribution in [2.75, 3.05) is 33.3 Å². The highest BCUT2D eigenvalue weighted by molar-refractivity contribution is 5.78. The van der Waals surface area contributed by atoms with Gasteiger partial charge in [0.05, 0.1) is 13.1 Å². The molecule has 138 valence electrons. The van der Waals surface area contributed by atoms with Crippen LogP contribution in [0.25, 0.3) is 0 Å². The summed E-state index contributed by atoms with van der Waals surface area (Å²) in [6.07, 6.45) is 5.28. The van der Waals surface area contributed by atoms with Crippen molar-refractivity contribution in [2.45, 2.75) is 43.7 Å². The number of hydrogen-bond donors (Lipinski definition) is 1. The Morgan fingerprint density at radius 1 is 1.44 bits per heavy atom. The maximum atomic E-state index is 13.2. The maximum absolute atomic E-state index is 13.2. The van der Waals surface area contributed by atoms with Crippen LogP contribution >= 0.6 is 0 Å². The van der Waals surface area contributed by atoms with Gasteiger partial charge in [-0.3, -0.25) is 9.69 Å². The molecule has 2 fully saturated rings. The fraction of sp³-hybridized carbons (Fsp3) is 0.632. The van der Waals surface area contributed by atoms with E-state index in [9.17, 15) is 14.3 Å². The van der Waals surface area contributed by atoms with Crippen LogP contribution in [0.2, 0.25) is 0 Å². The summed E-state index contributed by atoms with van der Waals surface area (Å²) in [5, 5.41) is 10.7. The number of likely N-dealkylation sites (tertiary alicyclic amines) is 1. The van der Waals surface area contributed by atoms with Crippen LogP contribution in [0.3, 0.4) is 0 Å². The molecule has 25 heavy (non-hydrogen) atoms. The Balaban J connectivity index is 1.48. The molecule has 1 saturated heterocycles. The van der Waals surface area contributed by atoms with Crippen LogP contribution in [0.15, 0.2) is 24.3 Å². The van der Waals surface area contributed by atoms with Gasteiger partial charge in [-0.1, -0.05) is 18.9 Å². The second-order valence-electron chi connectivity index (χ2n) is 7.39. The van der Waals surface area contributed by atoms with Gasteiger partial charge in [0, 0.05) is 18.7 Å². The molecule has 2 aliphatic rings. The van der Waals surface area contributed by atoms with Gasteiger partial charge in [0.25, 0.3) is 0 Å². The van der Waals surface area contributed by atoms with Crippen LogP contribution in [-0.4, -0.2) is 65.7 Å². The molecule has 1 amide bonds. The molecule has 1 aliphatic heterocycles. The van der Waals surface area contributed by atoms with E-state index >= 15 is 0 Å². The number of nitrogens with zero attached hydrogens (tertiary/aromatic N) is 2. The molecule has 0 radical (unpaired) electrons. The first kappa shape index (κ1) is 18.1. The van der Waals surface area contributed by atoms with E-state index in [2.05, 4.69) is 4.90 Å². The van der Waals surface area contributed by atoms with Crippen molar-refractivity contribution < 1.29 is 19.0 Å². The lowest BCUT2D eigenvalue weighted by Gasteiger charge is -2.27. The standard InChI is InChI=1S/C19H27FN2O3/c1-21(16-6-2-3-7-16)12-18(23)22-10-9-19(24,13-22)14-25-17-8-4-5-15(20)11-17/h4-5,8,11,16,24H,2-3,6-7,9-10,12-14H2,1H3/t19-/m1/s1. The van der Waals surface area contributed by atoms with E-state index in [1.165, 1.54) is 25.0 Å². The molecule has 1 aromatic carbocycles. The summed E-state index contributed by atoms with van der Waals surface area (Å²) in [6.45, 7) is 1.24. The van der Waals surface area contributed by atoms with Gasteiger partial charge in [0.1, 0.15) is 23.8 Å². The van der Waals surface area contributed by atoms with E-state index in [-0.39, 0.29) is 24.9 Å². The zero-order chi connectivity index (χ0) is 17.9. The van der Waals surface area contributed by atoms with Crippen LogP contribution in [-0.2, 0) is 4.79 Å². The van der Waals surface area contributed by atoms with Gasteiger partial charge < -0.3 is 14.7 Å². The topological polar surface area (TPSA) is 53.0 Å². The smallest absolute Gasteiger partial charge is 0.236 e. The van der Waals surface area contributed by atoms with Crippen molar-refractivity contribution in [3.8, 4) is 5.75 Å². The van der Waals surface area contributed by atoms with E-state index in [0.717, 1.165) is 12.8 Å². The predicted octanol–water partition coefficient (Wildman–Crippen LogP) is 2.04. The fourth-order valence-corrected chi connectivity index (χ4v) is 3.75. The number of aliphatic hydroxyl groups is 1. The number of carbonyl (C=O) groups excluding carboxylic acids is 1. The van der Waals surface area contributed by atoms with E-state index in [1.807, 2.05) is 7.05 Å². The second kappa shape index (κ2) is 7.70. The molecule has 1 aromatic rings. The predicted molar refractivity (Wildman–Crippen MR) is 92.9 cm³/mol. The third-order valence-corrected chi connectivity index (χ3v) is 5.32. The van der Waals surface area contributed by atoms with Crippen molar-refractivity contribution in [2.24, 2.45) is 0 Å². The van der Waals surface area contributed by atoms with Crippen LogP contribution in [0.1, 0.15) is 32.1 Å². The molecule has 1 N–H and O–H groups in total. The highest BCUT2D eigenvalue weighted by Crippen LogP contribution is 2.25. The number of amides is 1. The largest absolute Gasteiger partial charge is 0.490 e. The highest BCUT2D eigenvalue weighted by Gasteiger charge is 2.39. The lowest BCUT2D eigenvalue weighted by atomic mass is 10.1. The van der Waals surface area contributed by atoms with Crippen molar-refractivity contribution >= 4 is 5.91 Å². The molecule has 6 heteroatoms. The summed E-state index contributed by atoms with van der Waals surface area (Å²) in [7, 11) is 2.00. The van der Waals surface area contributed by atoms with Gasteiger partial charge in [0.15, 0.2) is 0 Å². The average molecular weight is 350 g/mol. The summed E-state index contributed by atoms with van der Waals surface area (Å²) in [5.74, 6) is 0.0675. The Hall–Kier alpha value is -1.66. The number of halogens is 1. The van der Waals surface area contributed by atoms with Crippen LogP contribution in [0, 0.1) is 5.82 Å². The quantitative estimate of drug-likeness (QED) is 0.853. The highest BCUT2D eigenvalue weighted by atomic mass is 19.1. The normalized spacial score (nSPS) is 24.2. The molecule has 1 heterocycles. The number of likely N-dealkylation sites (N-methyl/N-ethyl adjacent to an activating group) is 1. The Bertz CT molecular complexity index is 606. The molecule has 0 bridgehead atoms. The van der Waals surface area contributed by atoms with Crippen LogP contribution in [0.4, 0.5) is 4.39 Å². The Morgan fingerprint density at radius 2 is 2.20 bits per heavy atom. The monoisotopic (exact) mass is 350 g/mol. The number of β-amino-alcohol motifs (C(OH)–C–C–N with tert-alkyl or cyclic N) is 1. The second-order valence-corrected chi connectivity index (χ2v) is 7.39. The number of benzene rings is 1. The van der Waals surface area contributed by atoms with Crippen molar-refractivity contribution in [1.29, 1.82) is 0 Å².